The van der Waals surface area contributed by atoms with Gasteiger partial charge in [-0.1, -0.05) is 75.4 Å². The van der Waals surface area contributed by atoms with Crippen molar-refractivity contribution < 1.29 is 0 Å². The monoisotopic (exact) mass is 300 g/mol. The summed E-state index contributed by atoms with van der Waals surface area (Å²) in [6.07, 6.45) is 3.97. The van der Waals surface area contributed by atoms with Crippen LogP contribution in [0.5, 0.6) is 0 Å². The van der Waals surface area contributed by atoms with E-state index < -0.39 is 0 Å². The smallest absolute Gasteiger partial charge is 0.144 e. The summed E-state index contributed by atoms with van der Waals surface area (Å²) in [7, 11) is 0. The minimum Gasteiger partial charge on any atom is -0.302 e. The van der Waals surface area contributed by atoms with Gasteiger partial charge in [0.15, 0.2) is 0 Å². The van der Waals surface area contributed by atoms with E-state index in [0.717, 1.165) is 5.65 Å². The van der Waals surface area contributed by atoms with Crippen LogP contribution in [0.4, 0.5) is 0 Å². The Morgan fingerprint density at radius 3 is 2.17 bits per heavy atom. The molecule has 2 heteroatoms. The Labute approximate surface area is 136 Å². The van der Waals surface area contributed by atoms with Crippen molar-refractivity contribution >= 4 is 16.4 Å². The summed E-state index contributed by atoms with van der Waals surface area (Å²) in [4.78, 5) is 4.62. The number of fused-ring (bicyclic) bond motifs is 3. The molecule has 2 heterocycles. The van der Waals surface area contributed by atoms with Gasteiger partial charge in [-0.05, 0) is 10.9 Å². The minimum absolute atomic E-state index is 0.00809. The van der Waals surface area contributed by atoms with Crippen LogP contribution in [0.2, 0.25) is 0 Å². The maximum absolute atomic E-state index is 4.62. The SMILES string of the molecule is CC(C)(C)c1c(-c2ccccc2)c2ccccc2c2nccn12. The zero-order chi connectivity index (χ0) is 16.0. The second kappa shape index (κ2) is 4.95. The van der Waals surface area contributed by atoms with Crippen molar-refractivity contribution in [2.24, 2.45) is 0 Å². The van der Waals surface area contributed by atoms with Crippen molar-refractivity contribution in [3.05, 3.63) is 72.7 Å². The molecule has 0 saturated heterocycles. The Bertz CT molecular complexity index is 989. The highest BCUT2D eigenvalue weighted by atomic mass is 15.0. The molecule has 0 radical (unpaired) electrons. The van der Waals surface area contributed by atoms with E-state index in [1.165, 1.54) is 27.6 Å². The summed E-state index contributed by atoms with van der Waals surface area (Å²) in [5.74, 6) is 0. The largest absolute Gasteiger partial charge is 0.302 e. The van der Waals surface area contributed by atoms with E-state index in [-0.39, 0.29) is 5.41 Å². The van der Waals surface area contributed by atoms with E-state index in [2.05, 4.69) is 91.0 Å². The highest BCUT2D eigenvalue weighted by molar-refractivity contribution is 6.04. The number of pyridine rings is 1. The second-order valence-electron chi connectivity index (χ2n) is 7.01. The molecule has 0 amide bonds. The molecular formula is C21H20N2. The fourth-order valence-corrected chi connectivity index (χ4v) is 3.46. The van der Waals surface area contributed by atoms with Gasteiger partial charge in [-0.25, -0.2) is 4.98 Å². The summed E-state index contributed by atoms with van der Waals surface area (Å²) in [5, 5.41) is 2.46. The maximum Gasteiger partial charge on any atom is 0.144 e. The molecule has 0 aliphatic heterocycles. The maximum atomic E-state index is 4.62. The Hall–Kier alpha value is -2.61. The third kappa shape index (κ3) is 2.14. The van der Waals surface area contributed by atoms with Gasteiger partial charge in [0.2, 0.25) is 0 Å². The summed E-state index contributed by atoms with van der Waals surface area (Å²) in [6.45, 7) is 6.80. The predicted molar refractivity (Wildman–Crippen MR) is 96.8 cm³/mol. The van der Waals surface area contributed by atoms with Crippen molar-refractivity contribution in [3.63, 3.8) is 0 Å². The van der Waals surface area contributed by atoms with E-state index in [0.29, 0.717) is 0 Å². The first-order valence-electron chi connectivity index (χ1n) is 8.01. The number of nitrogens with zero attached hydrogens (tertiary/aromatic N) is 2. The number of imidazole rings is 1. The van der Waals surface area contributed by atoms with Crippen LogP contribution in [0, 0.1) is 0 Å². The van der Waals surface area contributed by atoms with Crippen LogP contribution in [-0.2, 0) is 5.41 Å². The molecule has 0 bridgehead atoms. The normalized spacial score (nSPS) is 12.1. The minimum atomic E-state index is 0.00809. The molecule has 2 nitrogen and oxygen atoms in total. The predicted octanol–water partition coefficient (Wildman–Crippen LogP) is 5.45. The van der Waals surface area contributed by atoms with E-state index in [1.54, 1.807) is 0 Å². The third-order valence-electron chi connectivity index (χ3n) is 4.33. The first-order valence-corrected chi connectivity index (χ1v) is 8.01. The number of benzene rings is 2. The van der Waals surface area contributed by atoms with Crippen LogP contribution in [0.1, 0.15) is 26.5 Å². The number of aromatic nitrogens is 2. The van der Waals surface area contributed by atoms with Crippen molar-refractivity contribution in [2.75, 3.05) is 0 Å². The van der Waals surface area contributed by atoms with E-state index in [4.69, 9.17) is 0 Å². The van der Waals surface area contributed by atoms with E-state index in [9.17, 15) is 0 Å². The molecule has 4 aromatic rings. The Kier molecular flexibility index (Phi) is 3.02. The van der Waals surface area contributed by atoms with Crippen LogP contribution in [-0.4, -0.2) is 9.38 Å². The van der Waals surface area contributed by atoms with Gasteiger partial charge < -0.3 is 4.40 Å². The summed E-state index contributed by atoms with van der Waals surface area (Å²) in [5.41, 5.74) is 4.90. The first-order chi connectivity index (χ1) is 11.1. The molecule has 2 aromatic carbocycles. The quantitative estimate of drug-likeness (QED) is 0.457. The van der Waals surface area contributed by atoms with Gasteiger partial charge in [0.05, 0.1) is 0 Å². The zero-order valence-electron chi connectivity index (χ0n) is 13.7. The van der Waals surface area contributed by atoms with Gasteiger partial charge in [-0.15, -0.1) is 0 Å². The fraction of sp³-hybridized carbons (Fsp3) is 0.190. The standard InChI is InChI=1S/C21H20N2/c1-21(2,3)19-18(15-9-5-4-6-10-15)16-11-7-8-12-17(16)20-22-13-14-23(19)20/h4-14H,1-3H3. The molecule has 2 aromatic heterocycles. The average molecular weight is 300 g/mol. The van der Waals surface area contributed by atoms with Crippen LogP contribution in [0.3, 0.4) is 0 Å². The molecule has 4 rings (SSSR count). The molecule has 114 valence electrons. The number of hydrogen-bond donors (Lipinski definition) is 0. The molecule has 0 N–H and O–H groups in total. The molecule has 0 atom stereocenters. The molecule has 0 fully saturated rings. The molecule has 0 saturated carbocycles. The van der Waals surface area contributed by atoms with Gasteiger partial charge in [0, 0.05) is 34.5 Å². The van der Waals surface area contributed by atoms with Gasteiger partial charge in [-0.2, -0.15) is 0 Å². The van der Waals surface area contributed by atoms with Gasteiger partial charge >= 0.3 is 0 Å². The molecule has 0 spiro atoms. The van der Waals surface area contributed by atoms with E-state index >= 15 is 0 Å². The average Bonchev–Trinajstić information content (AvgIpc) is 3.02. The lowest BCUT2D eigenvalue weighted by atomic mass is 9.83. The van der Waals surface area contributed by atoms with Gasteiger partial charge in [0.25, 0.3) is 0 Å². The summed E-state index contributed by atoms with van der Waals surface area (Å²) in [6, 6.07) is 19.2. The summed E-state index contributed by atoms with van der Waals surface area (Å²) < 4.78 is 2.25. The highest BCUT2D eigenvalue weighted by Gasteiger charge is 2.25. The van der Waals surface area contributed by atoms with Crippen LogP contribution < -0.4 is 0 Å². The van der Waals surface area contributed by atoms with Crippen molar-refractivity contribution in [2.45, 2.75) is 26.2 Å². The summed E-state index contributed by atoms with van der Waals surface area (Å²) >= 11 is 0. The van der Waals surface area contributed by atoms with Crippen molar-refractivity contribution in [3.8, 4) is 11.1 Å². The third-order valence-corrected chi connectivity index (χ3v) is 4.33. The zero-order valence-corrected chi connectivity index (χ0v) is 13.7. The highest BCUT2D eigenvalue weighted by Crippen LogP contribution is 2.39. The Balaban J connectivity index is 2.29. The van der Waals surface area contributed by atoms with Crippen LogP contribution >= 0.6 is 0 Å². The van der Waals surface area contributed by atoms with Gasteiger partial charge in [0.1, 0.15) is 5.65 Å². The lowest BCUT2D eigenvalue weighted by Gasteiger charge is -2.26. The second-order valence-corrected chi connectivity index (χ2v) is 7.01. The lowest BCUT2D eigenvalue weighted by Crippen LogP contribution is -2.18. The van der Waals surface area contributed by atoms with Crippen molar-refractivity contribution in [1.29, 1.82) is 0 Å². The number of rotatable bonds is 1. The molecule has 0 aliphatic carbocycles. The first kappa shape index (κ1) is 14.0. The van der Waals surface area contributed by atoms with E-state index in [1.807, 2.05) is 6.20 Å². The fourth-order valence-electron chi connectivity index (χ4n) is 3.46. The molecular weight excluding hydrogens is 280 g/mol. The van der Waals surface area contributed by atoms with Crippen LogP contribution in [0.15, 0.2) is 67.0 Å². The van der Waals surface area contributed by atoms with Crippen LogP contribution in [0.25, 0.3) is 27.5 Å². The molecule has 0 aliphatic rings. The van der Waals surface area contributed by atoms with Crippen molar-refractivity contribution in [1.82, 2.24) is 9.38 Å². The Morgan fingerprint density at radius 1 is 0.826 bits per heavy atom. The molecule has 0 unspecified atom stereocenters. The topological polar surface area (TPSA) is 17.3 Å². The van der Waals surface area contributed by atoms with Gasteiger partial charge in [-0.3, -0.25) is 0 Å². The molecule has 23 heavy (non-hydrogen) atoms. The lowest BCUT2D eigenvalue weighted by molar-refractivity contribution is 0.564. The number of hydrogen-bond acceptors (Lipinski definition) is 1. The Morgan fingerprint density at radius 2 is 1.48 bits per heavy atom.